The first-order valence-electron chi connectivity index (χ1n) is 8.86. The van der Waals surface area contributed by atoms with Gasteiger partial charge in [0.15, 0.2) is 0 Å². The molecule has 0 heterocycles. The van der Waals surface area contributed by atoms with Crippen molar-refractivity contribution in [3.8, 4) is 11.8 Å². The Labute approximate surface area is 144 Å². The Balaban J connectivity index is 2.77. The van der Waals surface area contributed by atoms with Gasteiger partial charge in [-0.1, -0.05) is 76.3 Å². The van der Waals surface area contributed by atoms with Gasteiger partial charge in [-0.15, -0.1) is 0 Å². The van der Waals surface area contributed by atoms with E-state index in [4.69, 9.17) is 0 Å². The predicted molar refractivity (Wildman–Crippen MR) is 104 cm³/mol. The molecule has 0 spiro atoms. The number of allylic oxidation sites excluding steroid dienone is 7. The molecule has 1 fully saturated rings. The molecule has 0 bridgehead atoms. The van der Waals surface area contributed by atoms with Crippen LogP contribution in [-0.4, -0.2) is 0 Å². The Hall–Kier alpha value is -1.48. The van der Waals surface area contributed by atoms with Gasteiger partial charge in [0.05, 0.1) is 0 Å². The second-order valence-electron chi connectivity index (χ2n) is 8.50. The van der Waals surface area contributed by atoms with E-state index in [1.165, 1.54) is 24.0 Å². The molecule has 23 heavy (non-hydrogen) atoms. The third-order valence-corrected chi connectivity index (χ3v) is 4.63. The van der Waals surface area contributed by atoms with Crippen LogP contribution in [0, 0.1) is 22.7 Å². The SMILES string of the molecule is C=C(C#CC=C1CC(C)(C)CCC(C)(C)C1)/C=C\C=C(\C)CC. The summed E-state index contributed by atoms with van der Waals surface area (Å²) in [7, 11) is 0. The number of rotatable bonds is 3. The van der Waals surface area contributed by atoms with Crippen LogP contribution in [-0.2, 0) is 0 Å². The molecule has 0 aromatic rings. The van der Waals surface area contributed by atoms with Crippen molar-refractivity contribution in [3.63, 3.8) is 0 Å². The van der Waals surface area contributed by atoms with Crippen LogP contribution in [0.5, 0.6) is 0 Å². The van der Waals surface area contributed by atoms with Gasteiger partial charge in [0.2, 0.25) is 0 Å². The summed E-state index contributed by atoms with van der Waals surface area (Å²) in [5.41, 5.74) is 4.51. The summed E-state index contributed by atoms with van der Waals surface area (Å²) in [5, 5.41) is 0. The van der Waals surface area contributed by atoms with Crippen LogP contribution in [0.25, 0.3) is 0 Å². The third-order valence-electron chi connectivity index (χ3n) is 4.63. The van der Waals surface area contributed by atoms with Crippen molar-refractivity contribution < 1.29 is 0 Å². The second-order valence-corrected chi connectivity index (χ2v) is 8.50. The molecule has 126 valence electrons. The summed E-state index contributed by atoms with van der Waals surface area (Å²) in [6.07, 6.45) is 14.3. The standard InChI is InChI=1S/C23H34/c1-8-19(2)11-9-12-20(3)13-10-14-21-17-22(4,5)15-16-23(6,7)18-21/h9,11-12,14H,3,8,15-18H2,1-2,4-7H3/b12-9-,19-11-. The van der Waals surface area contributed by atoms with Gasteiger partial charge in [0.1, 0.15) is 0 Å². The molecule has 0 aromatic heterocycles. The molecule has 0 heteroatoms. The zero-order valence-electron chi connectivity index (χ0n) is 16.1. The molecular weight excluding hydrogens is 276 g/mol. The highest BCUT2D eigenvalue weighted by molar-refractivity contribution is 5.40. The molecule has 0 aliphatic heterocycles. The number of hydrogen-bond donors (Lipinski definition) is 0. The van der Waals surface area contributed by atoms with E-state index in [2.05, 4.69) is 72.1 Å². The zero-order valence-corrected chi connectivity index (χ0v) is 16.1. The molecule has 0 atom stereocenters. The van der Waals surface area contributed by atoms with Gasteiger partial charge in [0, 0.05) is 5.57 Å². The summed E-state index contributed by atoms with van der Waals surface area (Å²) < 4.78 is 0. The average molecular weight is 311 g/mol. The minimum absolute atomic E-state index is 0.390. The Morgan fingerprint density at radius 3 is 2.22 bits per heavy atom. The highest BCUT2D eigenvalue weighted by Crippen LogP contribution is 2.44. The van der Waals surface area contributed by atoms with Crippen molar-refractivity contribution in [2.24, 2.45) is 10.8 Å². The summed E-state index contributed by atoms with van der Waals surface area (Å²) in [6.45, 7) is 17.8. The monoisotopic (exact) mass is 310 g/mol. The van der Waals surface area contributed by atoms with E-state index in [1.54, 1.807) is 0 Å². The summed E-state index contributed by atoms with van der Waals surface area (Å²) in [5.74, 6) is 6.39. The van der Waals surface area contributed by atoms with Gasteiger partial charge >= 0.3 is 0 Å². The van der Waals surface area contributed by atoms with E-state index in [1.807, 2.05) is 12.2 Å². The van der Waals surface area contributed by atoms with Gasteiger partial charge in [-0.25, -0.2) is 0 Å². The minimum Gasteiger partial charge on any atom is -0.0833 e. The van der Waals surface area contributed by atoms with Crippen molar-refractivity contribution in [2.45, 2.75) is 73.6 Å². The van der Waals surface area contributed by atoms with Crippen LogP contribution >= 0.6 is 0 Å². The smallest absolute Gasteiger partial charge is 0.0176 e. The first kappa shape index (κ1) is 19.6. The maximum absolute atomic E-state index is 4.02. The number of hydrogen-bond acceptors (Lipinski definition) is 0. The maximum atomic E-state index is 4.02. The Kier molecular flexibility index (Phi) is 7.14. The summed E-state index contributed by atoms with van der Waals surface area (Å²) in [4.78, 5) is 0. The van der Waals surface area contributed by atoms with Gasteiger partial charge in [-0.05, 0) is 62.0 Å². The van der Waals surface area contributed by atoms with E-state index >= 15 is 0 Å². The molecule has 0 unspecified atom stereocenters. The van der Waals surface area contributed by atoms with E-state index < -0.39 is 0 Å². The fourth-order valence-electron chi connectivity index (χ4n) is 2.97. The second kappa shape index (κ2) is 8.39. The Morgan fingerprint density at radius 1 is 1.13 bits per heavy atom. The topological polar surface area (TPSA) is 0 Å². The fourth-order valence-corrected chi connectivity index (χ4v) is 2.97. The highest BCUT2D eigenvalue weighted by atomic mass is 14.4. The minimum atomic E-state index is 0.390. The van der Waals surface area contributed by atoms with Gasteiger partial charge in [0.25, 0.3) is 0 Å². The van der Waals surface area contributed by atoms with Gasteiger partial charge < -0.3 is 0 Å². The normalized spacial score (nSPS) is 20.6. The molecular formula is C23H34. The summed E-state index contributed by atoms with van der Waals surface area (Å²) >= 11 is 0. The first-order chi connectivity index (χ1) is 10.6. The molecule has 1 aliphatic rings. The van der Waals surface area contributed by atoms with Crippen LogP contribution in [0.3, 0.4) is 0 Å². The van der Waals surface area contributed by atoms with Crippen LogP contribution in [0.15, 0.2) is 47.6 Å². The van der Waals surface area contributed by atoms with Crippen molar-refractivity contribution in [1.29, 1.82) is 0 Å². The lowest BCUT2D eigenvalue weighted by Gasteiger charge is -2.24. The van der Waals surface area contributed by atoms with Crippen LogP contribution in [0.4, 0.5) is 0 Å². The first-order valence-corrected chi connectivity index (χ1v) is 8.86. The van der Waals surface area contributed by atoms with E-state index in [9.17, 15) is 0 Å². The molecule has 1 saturated carbocycles. The molecule has 0 saturated heterocycles. The van der Waals surface area contributed by atoms with Crippen molar-refractivity contribution in [3.05, 3.63) is 47.6 Å². The lowest BCUT2D eigenvalue weighted by atomic mass is 9.81. The van der Waals surface area contributed by atoms with Crippen molar-refractivity contribution in [1.82, 2.24) is 0 Å². The highest BCUT2D eigenvalue weighted by Gasteiger charge is 2.30. The van der Waals surface area contributed by atoms with E-state index in [-0.39, 0.29) is 0 Å². The molecule has 0 N–H and O–H groups in total. The lowest BCUT2D eigenvalue weighted by molar-refractivity contribution is 0.275. The molecule has 0 amide bonds. The lowest BCUT2D eigenvalue weighted by Crippen LogP contribution is -2.12. The molecule has 0 radical (unpaired) electrons. The largest absolute Gasteiger partial charge is 0.0833 e. The van der Waals surface area contributed by atoms with Crippen molar-refractivity contribution >= 4 is 0 Å². The average Bonchev–Trinajstić information content (AvgIpc) is 2.54. The fraction of sp³-hybridized carbons (Fsp3) is 0.565. The maximum Gasteiger partial charge on any atom is 0.0176 e. The van der Waals surface area contributed by atoms with Crippen LogP contribution < -0.4 is 0 Å². The molecule has 1 aliphatic carbocycles. The zero-order chi connectivity index (χ0) is 17.5. The Bertz CT molecular complexity index is 545. The predicted octanol–water partition coefficient (Wildman–Crippen LogP) is 7.01. The molecule has 0 aromatic carbocycles. The summed E-state index contributed by atoms with van der Waals surface area (Å²) in [6, 6.07) is 0. The Morgan fingerprint density at radius 2 is 1.70 bits per heavy atom. The van der Waals surface area contributed by atoms with Crippen LogP contribution in [0.1, 0.15) is 73.6 Å². The molecule has 0 nitrogen and oxygen atoms in total. The quantitative estimate of drug-likeness (QED) is 0.299. The van der Waals surface area contributed by atoms with E-state index in [0.29, 0.717) is 10.8 Å². The van der Waals surface area contributed by atoms with Crippen LogP contribution in [0.2, 0.25) is 0 Å². The molecule has 1 rings (SSSR count). The third kappa shape index (κ3) is 8.08. The van der Waals surface area contributed by atoms with Crippen molar-refractivity contribution in [2.75, 3.05) is 0 Å². The van der Waals surface area contributed by atoms with E-state index in [0.717, 1.165) is 24.8 Å². The van der Waals surface area contributed by atoms with Gasteiger partial charge in [-0.2, -0.15) is 0 Å². The van der Waals surface area contributed by atoms with Gasteiger partial charge in [-0.3, -0.25) is 0 Å².